The fourth-order valence-electron chi connectivity index (χ4n) is 2.27. The van der Waals surface area contributed by atoms with E-state index in [4.69, 9.17) is 9.57 Å². The van der Waals surface area contributed by atoms with Crippen molar-refractivity contribution in [3.63, 3.8) is 0 Å². The van der Waals surface area contributed by atoms with E-state index in [1.54, 1.807) is 13.2 Å². The van der Waals surface area contributed by atoms with Crippen molar-refractivity contribution in [3.8, 4) is 5.75 Å². The van der Waals surface area contributed by atoms with Gasteiger partial charge in [0.15, 0.2) is 0 Å². The largest absolute Gasteiger partial charge is 0.495 e. The molecule has 2 aromatic carbocycles. The van der Waals surface area contributed by atoms with Crippen LogP contribution >= 0.6 is 31.9 Å². The number of oxime groups is 1. The highest BCUT2D eigenvalue weighted by Crippen LogP contribution is 2.35. The van der Waals surface area contributed by atoms with Gasteiger partial charge in [-0.25, -0.2) is 4.79 Å². The first-order chi connectivity index (χ1) is 11.1. The first-order valence-electron chi connectivity index (χ1n) is 6.70. The average molecular weight is 437 g/mol. The summed E-state index contributed by atoms with van der Waals surface area (Å²) >= 11 is 6.89. The molecule has 0 amide bonds. The standard InChI is InChI=1S/C17H11Br2NO3/c1-22-16-11(7-12(18)9-14(16)19)8-13-15(20-23-17(13)21)10-5-3-2-4-6-10/h2-9H,1H3/b13-8-. The van der Waals surface area contributed by atoms with E-state index in [0.717, 1.165) is 20.1 Å². The quantitative estimate of drug-likeness (QED) is 0.523. The van der Waals surface area contributed by atoms with Crippen LogP contribution < -0.4 is 4.74 Å². The lowest BCUT2D eigenvalue weighted by Crippen LogP contribution is -2.07. The molecule has 0 saturated heterocycles. The fourth-order valence-corrected chi connectivity index (χ4v) is 3.69. The third-order valence-corrected chi connectivity index (χ3v) is 4.33. The van der Waals surface area contributed by atoms with Crippen LogP contribution in [0.25, 0.3) is 6.08 Å². The first kappa shape index (κ1) is 16.0. The molecule has 1 heterocycles. The van der Waals surface area contributed by atoms with Crippen molar-refractivity contribution in [2.45, 2.75) is 0 Å². The summed E-state index contributed by atoms with van der Waals surface area (Å²) in [6.07, 6.45) is 1.72. The molecule has 116 valence electrons. The summed E-state index contributed by atoms with van der Waals surface area (Å²) in [4.78, 5) is 16.9. The second kappa shape index (κ2) is 6.68. The zero-order chi connectivity index (χ0) is 16.4. The number of rotatable bonds is 3. The summed E-state index contributed by atoms with van der Waals surface area (Å²) in [5, 5.41) is 3.90. The minimum atomic E-state index is -0.484. The number of nitrogens with zero attached hydrogens (tertiary/aromatic N) is 1. The van der Waals surface area contributed by atoms with E-state index < -0.39 is 5.97 Å². The van der Waals surface area contributed by atoms with Crippen molar-refractivity contribution >= 4 is 49.6 Å². The molecule has 23 heavy (non-hydrogen) atoms. The lowest BCUT2D eigenvalue weighted by atomic mass is 10.0. The molecule has 0 N–H and O–H groups in total. The molecule has 1 aliphatic rings. The molecule has 2 aromatic rings. The van der Waals surface area contributed by atoms with Crippen LogP contribution in [0.4, 0.5) is 0 Å². The Bertz CT molecular complexity index is 829. The Kier molecular flexibility index (Phi) is 4.63. The van der Waals surface area contributed by atoms with Gasteiger partial charge < -0.3 is 9.57 Å². The molecular weight excluding hydrogens is 426 g/mol. The number of halogens is 2. The van der Waals surface area contributed by atoms with E-state index in [2.05, 4.69) is 37.0 Å². The van der Waals surface area contributed by atoms with Crippen LogP contribution in [0.5, 0.6) is 5.75 Å². The van der Waals surface area contributed by atoms with Crippen molar-refractivity contribution < 1.29 is 14.4 Å². The molecular formula is C17H11Br2NO3. The number of carbonyl (C=O) groups excluding carboxylic acids is 1. The SMILES string of the molecule is COc1c(Br)cc(Br)cc1/C=C1\C(=O)ON=C1c1ccccc1. The maximum absolute atomic E-state index is 12.1. The molecule has 0 spiro atoms. The molecule has 4 nitrogen and oxygen atoms in total. The third-order valence-electron chi connectivity index (χ3n) is 3.28. The molecule has 0 unspecified atom stereocenters. The molecule has 0 aromatic heterocycles. The second-order valence-corrected chi connectivity index (χ2v) is 6.52. The Morgan fingerprint density at radius 1 is 1.17 bits per heavy atom. The lowest BCUT2D eigenvalue weighted by molar-refractivity contribution is -0.136. The highest BCUT2D eigenvalue weighted by Gasteiger charge is 2.27. The first-order valence-corrected chi connectivity index (χ1v) is 8.28. The van der Waals surface area contributed by atoms with Crippen LogP contribution in [-0.2, 0) is 9.63 Å². The van der Waals surface area contributed by atoms with Crippen LogP contribution in [-0.4, -0.2) is 18.8 Å². The zero-order valence-corrected chi connectivity index (χ0v) is 15.2. The maximum atomic E-state index is 12.1. The van der Waals surface area contributed by atoms with Gasteiger partial charge in [0.05, 0.1) is 17.2 Å². The summed E-state index contributed by atoms with van der Waals surface area (Å²) in [5.74, 6) is 0.148. The maximum Gasteiger partial charge on any atom is 0.368 e. The van der Waals surface area contributed by atoms with Gasteiger partial charge in [-0.3, -0.25) is 0 Å². The number of carbonyl (C=O) groups is 1. The van der Waals surface area contributed by atoms with Gasteiger partial charge in [0.1, 0.15) is 11.5 Å². The molecule has 6 heteroatoms. The van der Waals surface area contributed by atoms with E-state index in [1.807, 2.05) is 42.5 Å². The van der Waals surface area contributed by atoms with Crippen LogP contribution in [0.1, 0.15) is 11.1 Å². The number of methoxy groups -OCH3 is 1. The van der Waals surface area contributed by atoms with Gasteiger partial charge in [-0.05, 0) is 34.1 Å². The van der Waals surface area contributed by atoms with Crippen molar-refractivity contribution in [2.24, 2.45) is 5.16 Å². The number of ether oxygens (including phenoxy) is 1. The zero-order valence-electron chi connectivity index (χ0n) is 12.0. The van der Waals surface area contributed by atoms with Crippen LogP contribution in [0.2, 0.25) is 0 Å². The van der Waals surface area contributed by atoms with E-state index in [9.17, 15) is 4.79 Å². The molecule has 0 radical (unpaired) electrons. The average Bonchev–Trinajstić information content (AvgIpc) is 2.89. The fraction of sp³-hybridized carbons (Fsp3) is 0.0588. The highest BCUT2D eigenvalue weighted by atomic mass is 79.9. The van der Waals surface area contributed by atoms with Crippen molar-refractivity contribution in [1.29, 1.82) is 0 Å². The Hall–Kier alpha value is -1.92. The number of hydrogen-bond donors (Lipinski definition) is 0. The van der Waals surface area contributed by atoms with Crippen LogP contribution in [0, 0.1) is 0 Å². The third kappa shape index (κ3) is 3.23. The highest BCUT2D eigenvalue weighted by molar-refractivity contribution is 9.11. The summed E-state index contributed by atoms with van der Waals surface area (Å²) in [7, 11) is 1.58. The normalized spacial score (nSPS) is 15.5. The van der Waals surface area contributed by atoms with Crippen molar-refractivity contribution in [1.82, 2.24) is 0 Å². The summed E-state index contributed by atoms with van der Waals surface area (Å²) < 4.78 is 7.06. The smallest absolute Gasteiger partial charge is 0.368 e. The Balaban J connectivity index is 2.11. The number of benzene rings is 2. The van der Waals surface area contributed by atoms with Crippen LogP contribution in [0.15, 0.2) is 62.1 Å². The minimum absolute atomic E-state index is 0.388. The topological polar surface area (TPSA) is 47.9 Å². The molecule has 1 aliphatic heterocycles. The van der Waals surface area contributed by atoms with E-state index in [1.165, 1.54) is 0 Å². The van der Waals surface area contributed by atoms with Gasteiger partial charge in [-0.1, -0.05) is 51.4 Å². The molecule has 0 saturated carbocycles. The molecule has 3 rings (SSSR count). The summed E-state index contributed by atoms with van der Waals surface area (Å²) in [6, 6.07) is 13.2. The Morgan fingerprint density at radius 3 is 2.61 bits per heavy atom. The van der Waals surface area contributed by atoms with Crippen LogP contribution in [0.3, 0.4) is 0 Å². The van der Waals surface area contributed by atoms with Crippen molar-refractivity contribution in [3.05, 3.63) is 68.1 Å². The van der Waals surface area contributed by atoms with Gasteiger partial charge in [0.25, 0.3) is 0 Å². The Morgan fingerprint density at radius 2 is 1.91 bits per heavy atom. The van der Waals surface area contributed by atoms with Gasteiger partial charge in [-0.2, -0.15) is 0 Å². The van der Waals surface area contributed by atoms with Gasteiger partial charge in [0.2, 0.25) is 0 Å². The monoisotopic (exact) mass is 435 g/mol. The second-order valence-electron chi connectivity index (χ2n) is 4.75. The van der Waals surface area contributed by atoms with Gasteiger partial charge in [-0.15, -0.1) is 0 Å². The number of hydrogen-bond acceptors (Lipinski definition) is 4. The van der Waals surface area contributed by atoms with Gasteiger partial charge in [0, 0.05) is 15.6 Å². The minimum Gasteiger partial charge on any atom is -0.495 e. The molecule has 0 bridgehead atoms. The van der Waals surface area contributed by atoms with E-state index in [-0.39, 0.29) is 0 Å². The Labute approximate surface area is 150 Å². The summed E-state index contributed by atoms with van der Waals surface area (Å²) in [6.45, 7) is 0. The van der Waals surface area contributed by atoms with E-state index >= 15 is 0 Å². The predicted octanol–water partition coefficient (Wildman–Crippen LogP) is 4.56. The van der Waals surface area contributed by atoms with Gasteiger partial charge >= 0.3 is 5.97 Å². The molecule has 0 aliphatic carbocycles. The lowest BCUT2D eigenvalue weighted by Gasteiger charge is -2.09. The molecule has 0 fully saturated rings. The van der Waals surface area contributed by atoms with E-state index in [0.29, 0.717) is 17.0 Å². The molecule has 0 atom stereocenters. The summed E-state index contributed by atoms with van der Waals surface area (Å²) in [5.41, 5.74) is 2.46. The predicted molar refractivity (Wildman–Crippen MR) is 95.4 cm³/mol. The van der Waals surface area contributed by atoms with Crippen molar-refractivity contribution in [2.75, 3.05) is 7.11 Å².